The van der Waals surface area contributed by atoms with Crippen molar-refractivity contribution in [2.45, 2.75) is 19.4 Å². The number of carboxylic acid groups (broad SMARTS) is 1. The van der Waals surface area contributed by atoms with Gasteiger partial charge in [-0.1, -0.05) is 17.7 Å². The summed E-state index contributed by atoms with van der Waals surface area (Å²) in [6.07, 6.45) is 0. The highest BCUT2D eigenvalue weighted by Gasteiger charge is 2.31. The van der Waals surface area contributed by atoms with Crippen LogP contribution in [0.4, 0.5) is 0 Å². The van der Waals surface area contributed by atoms with Gasteiger partial charge in [0.25, 0.3) is 0 Å². The van der Waals surface area contributed by atoms with Gasteiger partial charge in [0.15, 0.2) is 5.60 Å². The molecule has 0 bridgehead atoms. The number of benzene rings is 1. The quantitative estimate of drug-likeness (QED) is 0.849. The number of halogens is 1. The molecule has 1 aromatic carbocycles. The highest BCUT2D eigenvalue weighted by atomic mass is 35.5. The molecular weight excluding hydrogens is 232 g/mol. The molecule has 1 atom stereocenters. The maximum absolute atomic E-state index is 10.6. The van der Waals surface area contributed by atoms with E-state index in [1.54, 1.807) is 18.2 Å². The Hall–Kier alpha value is -1.26. The Kier molecular flexibility index (Phi) is 3.78. The molecule has 0 spiro atoms. The van der Waals surface area contributed by atoms with Crippen molar-refractivity contribution in [3.05, 3.63) is 28.8 Å². The van der Waals surface area contributed by atoms with E-state index in [2.05, 4.69) is 0 Å². The molecule has 88 valence electrons. The van der Waals surface area contributed by atoms with Crippen molar-refractivity contribution >= 4 is 17.6 Å². The fourth-order valence-electron chi connectivity index (χ4n) is 1.00. The zero-order chi connectivity index (χ0) is 12.3. The molecule has 0 aliphatic rings. The second-order valence-corrected chi connectivity index (χ2v) is 4.21. The van der Waals surface area contributed by atoms with Crippen LogP contribution >= 0.6 is 11.6 Å². The van der Waals surface area contributed by atoms with Crippen LogP contribution in [0.15, 0.2) is 18.2 Å². The SMILES string of the molecule is Cc1ccc(OCC(C)(O)C(=O)O)c(Cl)c1. The number of ether oxygens (including phenoxy) is 1. The highest BCUT2D eigenvalue weighted by Crippen LogP contribution is 2.25. The summed E-state index contributed by atoms with van der Waals surface area (Å²) < 4.78 is 5.16. The molecular formula is C11H13ClO4. The summed E-state index contributed by atoms with van der Waals surface area (Å²) in [4.78, 5) is 10.6. The van der Waals surface area contributed by atoms with Crippen LogP contribution in [-0.2, 0) is 4.79 Å². The van der Waals surface area contributed by atoms with Crippen molar-refractivity contribution in [1.29, 1.82) is 0 Å². The monoisotopic (exact) mass is 244 g/mol. The molecule has 0 heterocycles. The van der Waals surface area contributed by atoms with Gasteiger partial charge in [-0.3, -0.25) is 0 Å². The number of aliphatic hydroxyl groups is 1. The lowest BCUT2D eigenvalue weighted by Crippen LogP contribution is -2.41. The molecule has 0 aromatic heterocycles. The first kappa shape index (κ1) is 12.8. The summed E-state index contributed by atoms with van der Waals surface area (Å²) in [5.74, 6) is -0.982. The van der Waals surface area contributed by atoms with E-state index in [9.17, 15) is 9.90 Å². The summed E-state index contributed by atoms with van der Waals surface area (Å²) in [5.41, 5.74) is -0.948. The number of hydrogen-bond acceptors (Lipinski definition) is 3. The van der Waals surface area contributed by atoms with E-state index in [1.807, 2.05) is 6.92 Å². The van der Waals surface area contributed by atoms with E-state index in [4.69, 9.17) is 21.4 Å². The first-order chi connectivity index (χ1) is 7.33. The van der Waals surface area contributed by atoms with Gasteiger partial charge < -0.3 is 14.9 Å². The van der Waals surface area contributed by atoms with Crippen LogP contribution in [0.5, 0.6) is 5.75 Å². The standard InChI is InChI=1S/C11H13ClO4/c1-7-3-4-9(8(12)5-7)16-6-11(2,15)10(13)14/h3-5,15H,6H2,1-2H3,(H,13,14). The molecule has 4 nitrogen and oxygen atoms in total. The van der Waals surface area contributed by atoms with E-state index in [0.717, 1.165) is 12.5 Å². The van der Waals surface area contributed by atoms with Gasteiger partial charge in [0.05, 0.1) is 5.02 Å². The van der Waals surface area contributed by atoms with Gasteiger partial charge in [-0.15, -0.1) is 0 Å². The minimum absolute atomic E-state index is 0.355. The summed E-state index contributed by atoms with van der Waals surface area (Å²) >= 11 is 5.88. The molecule has 0 saturated carbocycles. The first-order valence-electron chi connectivity index (χ1n) is 4.67. The number of aryl methyl sites for hydroxylation is 1. The van der Waals surface area contributed by atoms with Crippen LogP contribution < -0.4 is 4.74 Å². The Morgan fingerprint density at radius 3 is 2.69 bits per heavy atom. The van der Waals surface area contributed by atoms with Crippen molar-refractivity contribution in [3.63, 3.8) is 0 Å². The van der Waals surface area contributed by atoms with Crippen LogP contribution in [0.3, 0.4) is 0 Å². The van der Waals surface area contributed by atoms with Gasteiger partial charge in [-0.05, 0) is 31.5 Å². The summed E-state index contributed by atoms with van der Waals surface area (Å²) in [6, 6.07) is 5.12. The Balaban J connectivity index is 2.72. The number of carboxylic acids is 1. The lowest BCUT2D eigenvalue weighted by Gasteiger charge is -2.18. The normalized spacial score (nSPS) is 14.2. The molecule has 1 unspecified atom stereocenters. The smallest absolute Gasteiger partial charge is 0.339 e. The average molecular weight is 245 g/mol. The Morgan fingerprint density at radius 1 is 1.56 bits per heavy atom. The van der Waals surface area contributed by atoms with E-state index < -0.39 is 11.6 Å². The van der Waals surface area contributed by atoms with Gasteiger partial charge in [-0.25, -0.2) is 4.79 Å². The predicted molar refractivity (Wildman–Crippen MR) is 59.9 cm³/mol. The molecule has 1 aromatic rings. The minimum atomic E-state index is -1.92. The van der Waals surface area contributed by atoms with Gasteiger partial charge >= 0.3 is 5.97 Å². The average Bonchev–Trinajstić information content (AvgIpc) is 2.16. The van der Waals surface area contributed by atoms with E-state index in [-0.39, 0.29) is 6.61 Å². The highest BCUT2D eigenvalue weighted by molar-refractivity contribution is 6.32. The molecule has 0 fully saturated rings. The maximum atomic E-state index is 10.6. The molecule has 16 heavy (non-hydrogen) atoms. The van der Waals surface area contributed by atoms with Crippen molar-refractivity contribution in [2.75, 3.05) is 6.61 Å². The maximum Gasteiger partial charge on any atom is 0.339 e. The first-order valence-corrected chi connectivity index (χ1v) is 5.05. The number of hydrogen-bond donors (Lipinski definition) is 2. The molecule has 2 N–H and O–H groups in total. The lowest BCUT2D eigenvalue weighted by atomic mass is 10.1. The second-order valence-electron chi connectivity index (χ2n) is 3.80. The van der Waals surface area contributed by atoms with Crippen LogP contribution in [0.25, 0.3) is 0 Å². The minimum Gasteiger partial charge on any atom is -0.488 e. The largest absolute Gasteiger partial charge is 0.488 e. The zero-order valence-corrected chi connectivity index (χ0v) is 9.78. The summed E-state index contributed by atoms with van der Waals surface area (Å²) in [5, 5.41) is 18.5. The third kappa shape index (κ3) is 3.12. The Bertz CT molecular complexity index is 401. The second kappa shape index (κ2) is 4.72. The van der Waals surface area contributed by atoms with Crippen LogP contribution in [0, 0.1) is 6.92 Å². The van der Waals surface area contributed by atoms with Crippen molar-refractivity contribution in [2.24, 2.45) is 0 Å². The van der Waals surface area contributed by atoms with Gasteiger partial charge in [0.1, 0.15) is 12.4 Å². The fourth-order valence-corrected chi connectivity index (χ4v) is 1.29. The van der Waals surface area contributed by atoms with Crippen molar-refractivity contribution < 1.29 is 19.7 Å². The predicted octanol–water partition coefficient (Wildman–Crippen LogP) is 1.86. The Morgan fingerprint density at radius 2 is 2.19 bits per heavy atom. The van der Waals surface area contributed by atoms with Gasteiger partial charge in [-0.2, -0.15) is 0 Å². The number of rotatable bonds is 4. The molecule has 1 rings (SSSR count). The number of aliphatic carboxylic acids is 1. The summed E-state index contributed by atoms with van der Waals surface area (Å²) in [7, 11) is 0. The zero-order valence-electron chi connectivity index (χ0n) is 9.03. The third-order valence-electron chi connectivity index (χ3n) is 2.06. The fraction of sp³-hybridized carbons (Fsp3) is 0.364. The van der Waals surface area contributed by atoms with Gasteiger partial charge in [0, 0.05) is 0 Å². The molecule has 0 amide bonds. The molecule has 5 heteroatoms. The topological polar surface area (TPSA) is 66.8 Å². The van der Waals surface area contributed by atoms with Crippen LogP contribution in [0.1, 0.15) is 12.5 Å². The molecule has 0 aliphatic carbocycles. The van der Waals surface area contributed by atoms with Gasteiger partial charge in [0.2, 0.25) is 0 Å². The molecule has 0 saturated heterocycles. The Labute approximate surface area is 98.4 Å². The van der Waals surface area contributed by atoms with E-state index in [1.165, 1.54) is 0 Å². The van der Waals surface area contributed by atoms with Crippen LogP contribution in [0.2, 0.25) is 5.02 Å². The van der Waals surface area contributed by atoms with Crippen LogP contribution in [-0.4, -0.2) is 28.4 Å². The lowest BCUT2D eigenvalue weighted by molar-refractivity contribution is -0.159. The van der Waals surface area contributed by atoms with E-state index >= 15 is 0 Å². The summed E-state index contributed by atoms with van der Waals surface area (Å²) in [6.45, 7) is 2.69. The van der Waals surface area contributed by atoms with Crippen molar-refractivity contribution in [1.82, 2.24) is 0 Å². The third-order valence-corrected chi connectivity index (χ3v) is 2.35. The molecule has 0 radical (unpaired) electrons. The number of carbonyl (C=O) groups is 1. The van der Waals surface area contributed by atoms with E-state index in [0.29, 0.717) is 10.8 Å². The molecule has 0 aliphatic heterocycles. The van der Waals surface area contributed by atoms with Crippen molar-refractivity contribution in [3.8, 4) is 5.75 Å².